The molecule has 4 heteroatoms. The fourth-order valence-electron chi connectivity index (χ4n) is 0.590. The van der Waals surface area contributed by atoms with E-state index in [1.54, 1.807) is 6.07 Å². The summed E-state index contributed by atoms with van der Waals surface area (Å²) in [5, 5.41) is 3.44. The lowest BCUT2D eigenvalue weighted by atomic mass is 10.3. The Hall–Kier alpha value is -0.740. The molecule has 0 spiro atoms. The van der Waals surface area contributed by atoms with Gasteiger partial charge in [-0.15, -0.1) is 0 Å². The third kappa shape index (κ3) is 1.89. The van der Waals surface area contributed by atoms with Gasteiger partial charge in [-0.25, -0.2) is 0 Å². The van der Waals surface area contributed by atoms with Crippen molar-refractivity contribution in [1.82, 2.24) is 0 Å². The van der Waals surface area contributed by atoms with Crippen LogP contribution in [0.3, 0.4) is 0 Å². The molecule has 0 atom stereocenters. The highest BCUT2D eigenvalue weighted by atomic mass is 127. The average molecular weight is 245 g/mol. The van der Waals surface area contributed by atoms with Gasteiger partial charge in [-0.2, -0.15) is 0 Å². The number of rotatable bonds is 1. The van der Waals surface area contributed by atoms with Crippen molar-refractivity contribution in [3.05, 3.63) is 38.3 Å². The van der Waals surface area contributed by atoms with Gasteiger partial charge in [0.15, 0.2) is 0 Å². The zero-order valence-electron chi connectivity index (χ0n) is 5.03. The minimum absolute atomic E-state index is 0.661. The molecule has 10 heavy (non-hydrogen) atoms. The van der Waals surface area contributed by atoms with Gasteiger partial charge in [-0.05, 0) is 40.3 Å². The maximum absolute atomic E-state index is 8.07. The molecule has 0 amide bonds. The highest BCUT2D eigenvalue weighted by Crippen LogP contribution is 2.14. The van der Waals surface area contributed by atoms with Crippen LogP contribution in [0.4, 0.5) is 5.69 Å². The minimum Gasteiger partial charge on any atom is -0.0608 e. The highest BCUT2D eigenvalue weighted by Gasteiger charge is 1.86. The summed E-state index contributed by atoms with van der Waals surface area (Å²) in [5.41, 5.74) is 8.73. The molecule has 0 aromatic heterocycles. The fraction of sp³-hybridized carbons (Fsp3) is 0. The molecule has 0 heterocycles. The Kier molecular flexibility index (Phi) is 2.53. The van der Waals surface area contributed by atoms with Crippen molar-refractivity contribution in [3.63, 3.8) is 0 Å². The van der Waals surface area contributed by atoms with Gasteiger partial charge in [0.1, 0.15) is 0 Å². The van der Waals surface area contributed by atoms with Crippen molar-refractivity contribution in [3.8, 4) is 0 Å². The normalized spacial score (nSPS) is 8.50. The Bertz CT molecular complexity index is 278. The van der Waals surface area contributed by atoms with Crippen LogP contribution in [-0.4, -0.2) is 0 Å². The summed E-state index contributed by atoms with van der Waals surface area (Å²) in [4.78, 5) is 2.67. The van der Waals surface area contributed by atoms with E-state index >= 15 is 0 Å². The summed E-state index contributed by atoms with van der Waals surface area (Å²) in [7, 11) is 0. The van der Waals surface area contributed by atoms with E-state index in [-0.39, 0.29) is 0 Å². The quantitative estimate of drug-likeness (QED) is 0.315. The van der Waals surface area contributed by atoms with Gasteiger partial charge in [0.05, 0.1) is 0 Å². The van der Waals surface area contributed by atoms with Gasteiger partial charge in [0.25, 0.3) is 0 Å². The van der Waals surface area contributed by atoms with Crippen LogP contribution in [0.1, 0.15) is 0 Å². The van der Waals surface area contributed by atoms with Crippen molar-refractivity contribution in [2.45, 2.75) is 0 Å². The SMILES string of the molecule is [N-]=[N+]=Nc1cccc(I)c1. The molecule has 0 aliphatic heterocycles. The minimum atomic E-state index is 0.661. The van der Waals surface area contributed by atoms with E-state index in [1.165, 1.54) is 0 Å². The second-order valence-electron chi connectivity index (χ2n) is 1.67. The van der Waals surface area contributed by atoms with Crippen LogP contribution in [0, 0.1) is 3.57 Å². The first-order chi connectivity index (χ1) is 4.83. The van der Waals surface area contributed by atoms with Crippen molar-refractivity contribution < 1.29 is 0 Å². The van der Waals surface area contributed by atoms with Crippen LogP contribution in [0.15, 0.2) is 29.4 Å². The molecule has 3 nitrogen and oxygen atoms in total. The highest BCUT2D eigenvalue weighted by molar-refractivity contribution is 14.1. The first-order valence-corrected chi connectivity index (χ1v) is 3.71. The Morgan fingerprint density at radius 2 is 2.30 bits per heavy atom. The molecule has 0 saturated heterocycles. The molecule has 0 unspecified atom stereocenters. The summed E-state index contributed by atoms with van der Waals surface area (Å²) < 4.78 is 1.07. The lowest BCUT2D eigenvalue weighted by molar-refractivity contribution is 1.46. The molecule has 1 aromatic carbocycles. The van der Waals surface area contributed by atoms with Crippen LogP contribution in [0.5, 0.6) is 0 Å². The molecule has 1 rings (SSSR count). The van der Waals surface area contributed by atoms with Gasteiger partial charge in [-0.1, -0.05) is 17.2 Å². The molecule has 0 aliphatic carbocycles. The molecule has 50 valence electrons. The third-order valence-electron chi connectivity index (χ3n) is 0.968. The molecule has 0 fully saturated rings. The Morgan fingerprint density at radius 3 is 2.90 bits per heavy atom. The Labute approximate surface area is 71.8 Å². The summed E-state index contributed by atoms with van der Waals surface area (Å²) in [6.45, 7) is 0. The van der Waals surface area contributed by atoms with E-state index in [1.807, 2.05) is 18.2 Å². The van der Waals surface area contributed by atoms with Crippen molar-refractivity contribution in [2.24, 2.45) is 5.11 Å². The number of benzene rings is 1. The largest absolute Gasteiger partial charge is 0.0608 e. The van der Waals surface area contributed by atoms with E-state index in [0.717, 1.165) is 3.57 Å². The van der Waals surface area contributed by atoms with Gasteiger partial charge in [0, 0.05) is 14.2 Å². The summed E-state index contributed by atoms with van der Waals surface area (Å²) in [6, 6.07) is 7.38. The predicted octanol–water partition coefficient (Wildman–Crippen LogP) is 3.23. The van der Waals surface area contributed by atoms with Crippen LogP contribution in [-0.2, 0) is 0 Å². The van der Waals surface area contributed by atoms with E-state index in [9.17, 15) is 0 Å². The summed E-state index contributed by atoms with van der Waals surface area (Å²) >= 11 is 2.16. The van der Waals surface area contributed by atoms with Gasteiger partial charge >= 0.3 is 0 Å². The molecular weight excluding hydrogens is 241 g/mol. The van der Waals surface area contributed by atoms with Crippen LogP contribution in [0.25, 0.3) is 10.4 Å². The van der Waals surface area contributed by atoms with E-state index in [0.29, 0.717) is 5.69 Å². The molecular formula is C6H4IN3. The van der Waals surface area contributed by atoms with Gasteiger partial charge in [-0.3, -0.25) is 0 Å². The average Bonchev–Trinajstić information content (AvgIpc) is 1.88. The predicted molar refractivity (Wildman–Crippen MR) is 48.0 cm³/mol. The summed E-state index contributed by atoms with van der Waals surface area (Å²) in [6.07, 6.45) is 0. The Balaban J connectivity index is 3.06. The maximum Gasteiger partial charge on any atom is 0.0385 e. The van der Waals surface area contributed by atoms with Crippen molar-refractivity contribution in [1.29, 1.82) is 0 Å². The third-order valence-corrected chi connectivity index (χ3v) is 1.64. The lowest BCUT2D eigenvalue weighted by Crippen LogP contribution is -1.65. The first kappa shape index (κ1) is 7.37. The van der Waals surface area contributed by atoms with Crippen molar-refractivity contribution >= 4 is 28.3 Å². The Morgan fingerprint density at radius 1 is 1.50 bits per heavy atom. The van der Waals surface area contributed by atoms with Gasteiger partial charge in [0.2, 0.25) is 0 Å². The zero-order valence-corrected chi connectivity index (χ0v) is 7.19. The number of azide groups is 1. The maximum atomic E-state index is 8.07. The van der Waals surface area contributed by atoms with Crippen molar-refractivity contribution in [2.75, 3.05) is 0 Å². The zero-order chi connectivity index (χ0) is 7.40. The number of nitrogens with zero attached hydrogens (tertiary/aromatic N) is 3. The monoisotopic (exact) mass is 245 g/mol. The van der Waals surface area contributed by atoms with Gasteiger partial charge < -0.3 is 0 Å². The molecule has 0 N–H and O–H groups in total. The fourth-order valence-corrected chi connectivity index (χ4v) is 1.12. The topological polar surface area (TPSA) is 48.8 Å². The van der Waals surface area contributed by atoms with Crippen LogP contribution < -0.4 is 0 Å². The molecule has 0 saturated carbocycles. The van der Waals surface area contributed by atoms with Crippen LogP contribution >= 0.6 is 22.6 Å². The number of hydrogen-bond acceptors (Lipinski definition) is 1. The van der Waals surface area contributed by atoms with E-state index < -0.39 is 0 Å². The second-order valence-corrected chi connectivity index (χ2v) is 2.91. The standard InChI is InChI=1S/C6H4IN3/c7-5-2-1-3-6(4-5)9-10-8/h1-4H. The number of halogens is 1. The smallest absolute Gasteiger partial charge is 0.0385 e. The molecule has 0 bridgehead atoms. The first-order valence-electron chi connectivity index (χ1n) is 2.63. The van der Waals surface area contributed by atoms with E-state index in [2.05, 4.69) is 32.6 Å². The molecule has 1 aromatic rings. The molecule has 0 aliphatic rings. The van der Waals surface area contributed by atoms with Crippen LogP contribution in [0.2, 0.25) is 0 Å². The molecule has 0 radical (unpaired) electrons. The van der Waals surface area contributed by atoms with E-state index in [4.69, 9.17) is 5.53 Å². The summed E-state index contributed by atoms with van der Waals surface area (Å²) in [5.74, 6) is 0. The lowest BCUT2D eigenvalue weighted by Gasteiger charge is -1.89. The number of hydrogen-bond donors (Lipinski definition) is 0. The second kappa shape index (κ2) is 3.43.